The van der Waals surface area contributed by atoms with E-state index in [2.05, 4.69) is 15.1 Å². The summed E-state index contributed by atoms with van der Waals surface area (Å²) in [5.41, 5.74) is 4.14. The van der Waals surface area contributed by atoms with Crippen LogP contribution in [0.15, 0.2) is 42.6 Å². The van der Waals surface area contributed by atoms with E-state index in [1.807, 2.05) is 55.2 Å². The molecular weight excluding hydrogens is 446 g/mol. The van der Waals surface area contributed by atoms with Crippen LogP contribution in [0.2, 0.25) is 0 Å². The highest BCUT2D eigenvalue weighted by molar-refractivity contribution is 6.08. The van der Waals surface area contributed by atoms with E-state index in [-0.39, 0.29) is 11.7 Å². The van der Waals surface area contributed by atoms with Crippen LogP contribution >= 0.6 is 0 Å². The number of aromatic nitrogens is 4. The number of nitrogens with zero attached hydrogens (tertiary/aromatic N) is 4. The Balaban J connectivity index is 1.52. The van der Waals surface area contributed by atoms with Crippen LogP contribution in [-0.4, -0.2) is 72.1 Å². The van der Waals surface area contributed by atoms with Gasteiger partial charge in [-0.05, 0) is 62.0 Å². The molecular formula is C26H29N5O4. The number of likely N-dealkylation sites (N-methyl/N-ethyl adjacent to an activating group) is 1. The summed E-state index contributed by atoms with van der Waals surface area (Å²) in [6.45, 7) is 1.78. The van der Waals surface area contributed by atoms with Crippen molar-refractivity contribution in [3.05, 3.63) is 53.9 Å². The van der Waals surface area contributed by atoms with Crippen molar-refractivity contribution in [3.8, 4) is 28.5 Å². The number of hydrogen-bond acceptors (Lipinski definition) is 7. The van der Waals surface area contributed by atoms with E-state index < -0.39 is 0 Å². The van der Waals surface area contributed by atoms with Crippen molar-refractivity contribution >= 4 is 16.7 Å². The highest BCUT2D eigenvalue weighted by Crippen LogP contribution is 2.34. The molecule has 0 amide bonds. The van der Waals surface area contributed by atoms with Gasteiger partial charge in [-0.2, -0.15) is 10.2 Å². The van der Waals surface area contributed by atoms with Gasteiger partial charge in [-0.1, -0.05) is 6.07 Å². The molecule has 1 aliphatic heterocycles. The second kappa shape index (κ2) is 9.42. The minimum absolute atomic E-state index is 0.0132. The van der Waals surface area contributed by atoms with Gasteiger partial charge in [-0.3, -0.25) is 9.48 Å². The Kier molecular flexibility index (Phi) is 6.17. The number of Topliss-reactive ketones (excluding diaryl/α,β-unsaturated/α-hetero) is 1. The molecule has 9 heteroatoms. The molecule has 0 spiro atoms. The molecule has 1 aliphatic rings. The predicted molar refractivity (Wildman–Crippen MR) is 132 cm³/mol. The molecule has 35 heavy (non-hydrogen) atoms. The summed E-state index contributed by atoms with van der Waals surface area (Å²) >= 11 is 0. The number of ketones is 1. The Hall–Kier alpha value is -3.85. The van der Waals surface area contributed by atoms with Gasteiger partial charge < -0.3 is 19.1 Å². The maximum atomic E-state index is 13.7. The van der Waals surface area contributed by atoms with E-state index in [0.29, 0.717) is 31.1 Å². The van der Waals surface area contributed by atoms with Crippen LogP contribution in [0.5, 0.6) is 17.4 Å². The monoisotopic (exact) mass is 475 g/mol. The smallest absolute Gasteiger partial charge is 0.216 e. The highest BCUT2D eigenvalue weighted by Gasteiger charge is 2.30. The van der Waals surface area contributed by atoms with Gasteiger partial charge in [0, 0.05) is 11.9 Å². The number of fused-ring (bicyclic) bond motifs is 2. The van der Waals surface area contributed by atoms with Crippen molar-refractivity contribution in [2.75, 3.05) is 41.5 Å². The molecule has 0 bridgehead atoms. The third-order valence-corrected chi connectivity index (χ3v) is 6.41. The van der Waals surface area contributed by atoms with Gasteiger partial charge in [-0.25, -0.2) is 5.10 Å². The van der Waals surface area contributed by atoms with Crippen molar-refractivity contribution in [2.24, 2.45) is 5.92 Å². The predicted octanol–water partition coefficient (Wildman–Crippen LogP) is 3.44. The third kappa shape index (κ3) is 4.35. The second-order valence-electron chi connectivity index (χ2n) is 8.97. The number of nitrogens with one attached hydrogen (secondary N) is 1. The molecule has 3 heterocycles. The largest absolute Gasteiger partial charge is 0.497 e. The summed E-state index contributed by atoms with van der Waals surface area (Å²) in [6.07, 6.45) is 2.32. The van der Waals surface area contributed by atoms with E-state index in [4.69, 9.17) is 19.3 Å². The van der Waals surface area contributed by atoms with E-state index >= 15 is 0 Å². The van der Waals surface area contributed by atoms with E-state index in [0.717, 1.165) is 45.6 Å². The Morgan fingerprint density at radius 2 is 2.06 bits per heavy atom. The molecule has 1 N–H and O–H groups in total. The fourth-order valence-corrected chi connectivity index (χ4v) is 4.48. The fraction of sp³-hybridized carbons (Fsp3) is 0.346. The van der Waals surface area contributed by atoms with Gasteiger partial charge in [0.15, 0.2) is 5.78 Å². The normalized spacial score (nSPS) is 15.2. The first-order valence-corrected chi connectivity index (χ1v) is 11.6. The van der Waals surface area contributed by atoms with Crippen LogP contribution in [-0.2, 0) is 13.0 Å². The van der Waals surface area contributed by atoms with Crippen LogP contribution in [0.1, 0.15) is 16.1 Å². The van der Waals surface area contributed by atoms with Crippen LogP contribution < -0.4 is 14.2 Å². The number of methoxy groups -OCH3 is 2. The van der Waals surface area contributed by atoms with Gasteiger partial charge in [0.05, 0.1) is 50.6 Å². The summed E-state index contributed by atoms with van der Waals surface area (Å²) in [4.78, 5) is 15.8. The number of H-pyrrole nitrogens is 1. The van der Waals surface area contributed by atoms with Gasteiger partial charge in [0.2, 0.25) is 5.88 Å². The Morgan fingerprint density at radius 3 is 2.83 bits per heavy atom. The topological polar surface area (TPSA) is 94.5 Å². The average molecular weight is 476 g/mol. The Morgan fingerprint density at radius 1 is 1.20 bits per heavy atom. The minimum atomic E-state index is -0.316. The molecule has 0 aliphatic carbocycles. The first-order valence-electron chi connectivity index (χ1n) is 11.6. The number of ether oxygens (including phenoxy) is 3. The lowest BCUT2D eigenvalue weighted by atomic mass is 9.90. The summed E-state index contributed by atoms with van der Waals surface area (Å²) in [6, 6.07) is 11.7. The molecule has 0 saturated heterocycles. The number of carbonyl (C=O) groups is 1. The van der Waals surface area contributed by atoms with Crippen molar-refractivity contribution in [1.82, 2.24) is 24.9 Å². The summed E-state index contributed by atoms with van der Waals surface area (Å²) < 4.78 is 18.6. The molecule has 0 saturated carbocycles. The highest BCUT2D eigenvalue weighted by atomic mass is 16.5. The Labute approximate surface area is 203 Å². The van der Waals surface area contributed by atoms with Gasteiger partial charge in [-0.15, -0.1) is 0 Å². The number of benzene rings is 2. The second-order valence-corrected chi connectivity index (χ2v) is 8.97. The zero-order chi connectivity index (χ0) is 24.5. The minimum Gasteiger partial charge on any atom is -0.497 e. The molecule has 5 rings (SSSR count). The molecule has 4 aromatic rings. The maximum absolute atomic E-state index is 13.7. The van der Waals surface area contributed by atoms with Crippen LogP contribution in [0, 0.1) is 5.92 Å². The van der Waals surface area contributed by atoms with Crippen molar-refractivity contribution < 1.29 is 19.0 Å². The average Bonchev–Trinajstić information content (AvgIpc) is 3.50. The lowest BCUT2D eigenvalue weighted by Gasteiger charge is -2.24. The summed E-state index contributed by atoms with van der Waals surface area (Å²) in [5, 5.41) is 12.6. The fourth-order valence-electron chi connectivity index (χ4n) is 4.48. The summed E-state index contributed by atoms with van der Waals surface area (Å²) in [5.74, 6) is 1.81. The molecule has 1 atom stereocenters. The quantitative estimate of drug-likeness (QED) is 0.390. The zero-order valence-corrected chi connectivity index (χ0v) is 20.4. The van der Waals surface area contributed by atoms with Gasteiger partial charge in [0.25, 0.3) is 0 Å². The molecule has 2 aromatic heterocycles. The van der Waals surface area contributed by atoms with Gasteiger partial charge in [0.1, 0.15) is 17.2 Å². The number of hydrogen-bond donors (Lipinski definition) is 1. The van der Waals surface area contributed by atoms with Gasteiger partial charge >= 0.3 is 0 Å². The molecule has 2 aromatic carbocycles. The van der Waals surface area contributed by atoms with Crippen LogP contribution in [0.4, 0.5) is 0 Å². The lowest BCUT2D eigenvalue weighted by molar-refractivity contribution is 0.0850. The SMILES string of the molecule is COc1ccc2c(c1)CC(C(=O)c1nn(CCN(C)C)c3cc(-c4cn[nH]c4OC)ccc13)CO2. The first-order chi connectivity index (χ1) is 17.0. The van der Waals surface area contributed by atoms with E-state index in [1.54, 1.807) is 20.4 Å². The van der Waals surface area contributed by atoms with Crippen LogP contribution in [0.3, 0.4) is 0 Å². The number of aromatic amines is 1. The van der Waals surface area contributed by atoms with E-state index in [9.17, 15) is 4.79 Å². The Bertz CT molecular complexity index is 1370. The maximum Gasteiger partial charge on any atom is 0.216 e. The van der Waals surface area contributed by atoms with Crippen molar-refractivity contribution in [2.45, 2.75) is 13.0 Å². The van der Waals surface area contributed by atoms with Crippen molar-refractivity contribution in [1.29, 1.82) is 0 Å². The summed E-state index contributed by atoms with van der Waals surface area (Å²) in [7, 11) is 7.27. The standard InChI is InChI=1S/C26H29N5O4/c1-30(2)9-10-31-22-13-16(21-14-27-28-26(21)34-4)5-7-20(22)24(29-31)25(32)18-11-17-12-19(33-3)6-8-23(17)35-15-18/h5-8,12-14,18H,9-11,15H2,1-4H3,(H,27,28). The molecule has 182 valence electrons. The first kappa shape index (κ1) is 22.9. The van der Waals surface area contributed by atoms with E-state index in [1.165, 1.54) is 0 Å². The lowest BCUT2D eigenvalue weighted by Crippen LogP contribution is -2.29. The molecule has 0 radical (unpaired) electrons. The van der Waals surface area contributed by atoms with Crippen LogP contribution in [0.25, 0.3) is 22.0 Å². The molecule has 1 unspecified atom stereocenters. The zero-order valence-electron chi connectivity index (χ0n) is 20.4. The third-order valence-electron chi connectivity index (χ3n) is 6.41. The number of rotatable bonds is 8. The number of carbonyl (C=O) groups excluding carboxylic acids is 1. The molecule has 9 nitrogen and oxygen atoms in total. The van der Waals surface area contributed by atoms with Crippen molar-refractivity contribution in [3.63, 3.8) is 0 Å². The molecule has 0 fully saturated rings.